The Morgan fingerprint density at radius 1 is 1.22 bits per heavy atom. The van der Waals surface area contributed by atoms with Crippen molar-refractivity contribution in [2.45, 2.75) is 64.4 Å². The maximum Gasteiger partial charge on any atom is 0.255 e. The lowest BCUT2D eigenvalue weighted by Gasteiger charge is -2.46. The standard InChI is InChI=1S/C28H36N2O7/c1-5-13(2)7-6-8-14-11-18(30(3)4)17-10-15-9-16-12-19(31)22(27(29)36)26(35)28(16,37)25(34)20(15)24(33)21(17)23(14)32/h11,13,15-16,32-33,35,37H,5-10,12H2,1-4H3,(H2,29,36)/t13?,15-,16+,28+/m1/s1. The van der Waals surface area contributed by atoms with Crippen molar-refractivity contribution in [3.63, 3.8) is 0 Å². The number of carbonyl (C=O) groups excluding carboxylic acids is 3. The van der Waals surface area contributed by atoms with E-state index in [0.717, 1.165) is 24.9 Å². The van der Waals surface area contributed by atoms with Gasteiger partial charge in [0.05, 0.1) is 5.56 Å². The molecule has 3 aliphatic rings. The van der Waals surface area contributed by atoms with E-state index in [1.165, 1.54) is 0 Å². The molecule has 0 heterocycles. The molecule has 0 aromatic heterocycles. The number of anilines is 1. The van der Waals surface area contributed by atoms with Crippen molar-refractivity contribution < 1.29 is 34.8 Å². The van der Waals surface area contributed by atoms with Gasteiger partial charge in [-0.3, -0.25) is 14.4 Å². The van der Waals surface area contributed by atoms with Crippen LogP contribution >= 0.6 is 0 Å². The van der Waals surface area contributed by atoms with Crippen LogP contribution in [0.5, 0.6) is 5.75 Å². The molecule has 1 fully saturated rings. The first-order valence-electron chi connectivity index (χ1n) is 12.9. The van der Waals surface area contributed by atoms with Crippen LogP contribution in [0.1, 0.15) is 62.6 Å². The van der Waals surface area contributed by atoms with E-state index in [-0.39, 0.29) is 29.7 Å². The van der Waals surface area contributed by atoms with Gasteiger partial charge < -0.3 is 31.1 Å². The molecule has 1 aromatic rings. The Hall–Kier alpha value is -3.33. The molecule has 0 bridgehead atoms. The maximum atomic E-state index is 13.7. The van der Waals surface area contributed by atoms with Crippen LogP contribution in [0, 0.1) is 17.8 Å². The van der Waals surface area contributed by atoms with Crippen molar-refractivity contribution >= 4 is 28.9 Å². The number of hydrogen-bond acceptors (Lipinski definition) is 8. The van der Waals surface area contributed by atoms with Gasteiger partial charge in [0.25, 0.3) is 5.91 Å². The average molecular weight is 513 g/mol. The van der Waals surface area contributed by atoms with Gasteiger partial charge in [-0.15, -0.1) is 0 Å². The molecule has 1 amide bonds. The number of phenolic OH excluding ortho intramolecular Hbond substituents is 1. The van der Waals surface area contributed by atoms with Crippen LogP contribution in [0.25, 0.3) is 5.76 Å². The normalized spacial score (nSPS) is 26.0. The first kappa shape index (κ1) is 26.7. The Labute approximate surface area is 216 Å². The topological polar surface area (TPSA) is 161 Å². The molecule has 1 saturated carbocycles. The van der Waals surface area contributed by atoms with Crippen molar-refractivity contribution in [1.29, 1.82) is 0 Å². The number of hydrogen-bond donors (Lipinski definition) is 5. The number of aliphatic hydroxyl groups is 3. The van der Waals surface area contributed by atoms with Gasteiger partial charge in [0, 0.05) is 37.7 Å². The lowest BCUT2D eigenvalue weighted by atomic mass is 9.59. The molecule has 0 radical (unpaired) electrons. The van der Waals surface area contributed by atoms with Crippen LogP contribution in [-0.2, 0) is 27.2 Å². The highest BCUT2D eigenvalue weighted by atomic mass is 16.3. The molecular formula is C28H36N2O7. The number of nitrogens with two attached hydrogens (primary N) is 1. The molecule has 1 unspecified atom stereocenters. The number of ketones is 2. The second kappa shape index (κ2) is 9.52. The molecule has 9 nitrogen and oxygen atoms in total. The van der Waals surface area contributed by atoms with E-state index in [2.05, 4.69) is 13.8 Å². The molecule has 0 spiro atoms. The Morgan fingerprint density at radius 2 is 1.89 bits per heavy atom. The number of aromatic hydroxyl groups is 1. The van der Waals surface area contributed by atoms with Crippen LogP contribution in [0.15, 0.2) is 23.0 Å². The number of carbonyl (C=O) groups is 3. The summed E-state index contributed by atoms with van der Waals surface area (Å²) in [6.07, 6.45) is 3.56. The number of amides is 1. The number of aliphatic hydroxyl groups excluding tert-OH is 2. The van der Waals surface area contributed by atoms with Gasteiger partial charge in [-0.2, -0.15) is 0 Å². The third kappa shape index (κ3) is 4.09. The van der Waals surface area contributed by atoms with Crippen molar-refractivity contribution in [1.82, 2.24) is 0 Å². The van der Waals surface area contributed by atoms with E-state index < -0.39 is 52.0 Å². The highest BCUT2D eigenvalue weighted by Crippen LogP contribution is 2.53. The van der Waals surface area contributed by atoms with Gasteiger partial charge in [0.15, 0.2) is 11.4 Å². The number of primary amides is 1. The Morgan fingerprint density at radius 3 is 2.49 bits per heavy atom. The zero-order chi connectivity index (χ0) is 27.4. The summed E-state index contributed by atoms with van der Waals surface area (Å²) in [7, 11) is 3.73. The Kier molecular flexibility index (Phi) is 6.88. The third-order valence-electron chi connectivity index (χ3n) is 8.44. The van der Waals surface area contributed by atoms with Crippen LogP contribution in [0.2, 0.25) is 0 Å². The smallest absolute Gasteiger partial charge is 0.255 e. The molecular weight excluding hydrogens is 476 g/mol. The van der Waals surface area contributed by atoms with Crippen molar-refractivity contribution in [3.8, 4) is 5.75 Å². The number of benzene rings is 1. The van der Waals surface area contributed by atoms with Crippen LogP contribution < -0.4 is 10.6 Å². The SMILES string of the molecule is CCC(C)CCCc1cc(N(C)C)c2c(c1O)C(O)=C1C(=O)[C@]3(O)C(O)=C(C(N)=O)C(=O)C[C@@H]3C[C@@H]1C2. The van der Waals surface area contributed by atoms with E-state index in [0.29, 0.717) is 29.9 Å². The van der Waals surface area contributed by atoms with E-state index in [1.54, 1.807) is 0 Å². The van der Waals surface area contributed by atoms with Gasteiger partial charge in [0.2, 0.25) is 5.78 Å². The number of nitrogens with zero attached hydrogens (tertiary/aromatic N) is 1. The van der Waals surface area contributed by atoms with E-state index >= 15 is 0 Å². The maximum absolute atomic E-state index is 13.7. The predicted octanol–water partition coefficient (Wildman–Crippen LogP) is 2.86. The molecule has 9 heteroatoms. The Bertz CT molecular complexity index is 1250. The monoisotopic (exact) mass is 512 g/mol. The molecule has 37 heavy (non-hydrogen) atoms. The molecule has 6 N–H and O–H groups in total. The second-order valence-electron chi connectivity index (χ2n) is 11.0. The summed E-state index contributed by atoms with van der Waals surface area (Å²) in [5.41, 5.74) is 4.08. The number of rotatable bonds is 7. The number of aryl methyl sites for hydroxylation is 1. The first-order chi connectivity index (χ1) is 17.3. The summed E-state index contributed by atoms with van der Waals surface area (Å²) < 4.78 is 0. The minimum absolute atomic E-state index is 0.105. The fourth-order valence-corrected chi connectivity index (χ4v) is 6.16. The van der Waals surface area contributed by atoms with Gasteiger partial charge in [-0.1, -0.05) is 26.7 Å². The zero-order valence-corrected chi connectivity index (χ0v) is 21.8. The average Bonchev–Trinajstić information content (AvgIpc) is 2.82. The van der Waals surface area contributed by atoms with Gasteiger partial charge in [-0.05, 0) is 54.7 Å². The molecule has 4 atom stereocenters. The molecule has 0 aliphatic heterocycles. The fraction of sp³-hybridized carbons (Fsp3) is 0.536. The minimum Gasteiger partial charge on any atom is -0.508 e. The molecule has 1 aromatic carbocycles. The predicted molar refractivity (Wildman–Crippen MR) is 138 cm³/mol. The van der Waals surface area contributed by atoms with Crippen LogP contribution in [0.3, 0.4) is 0 Å². The summed E-state index contributed by atoms with van der Waals surface area (Å²) in [6, 6.07) is 1.92. The van der Waals surface area contributed by atoms with Crippen molar-refractivity contribution in [3.05, 3.63) is 39.7 Å². The lowest BCUT2D eigenvalue weighted by molar-refractivity contribution is -0.147. The van der Waals surface area contributed by atoms with Crippen molar-refractivity contribution in [2.75, 3.05) is 19.0 Å². The summed E-state index contributed by atoms with van der Waals surface area (Å²) in [4.78, 5) is 39.9. The summed E-state index contributed by atoms with van der Waals surface area (Å²) in [5, 5.41) is 44.8. The van der Waals surface area contributed by atoms with Crippen molar-refractivity contribution in [2.24, 2.45) is 23.5 Å². The summed E-state index contributed by atoms with van der Waals surface area (Å²) in [5.74, 6) is -5.52. The largest absolute Gasteiger partial charge is 0.508 e. The summed E-state index contributed by atoms with van der Waals surface area (Å²) in [6.45, 7) is 4.31. The second-order valence-corrected chi connectivity index (χ2v) is 11.0. The van der Waals surface area contributed by atoms with E-state index in [4.69, 9.17) is 5.73 Å². The molecule has 4 rings (SSSR count). The highest BCUT2D eigenvalue weighted by Gasteiger charge is 2.60. The first-order valence-corrected chi connectivity index (χ1v) is 12.9. The number of phenols is 1. The minimum atomic E-state index is -2.55. The van der Waals surface area contributed by atoms with Gasteiger partial charge in [0.1, 0.15) is 22.8 Å². The van der Waals surface area contributed by atoms with Gasteiger partial charge >= 0.3 is 0 Å². The van der Waals surface area contributed by atoms with Crippen LogP contribution in [0.4, 0.5) is 5.69 Å². The molecule has 3 aliphatic carbocycles. The highest BCUT2D eigenvalue weighted by molar-refractivity contribution is 6.22. The zero-order valence-electron chi connectivity index (χ0n) is 21.8. The number of Topliss-reactive ketones (excluding diaryl/α,β-unsaturated/α-hetero) is 2. The number of fused-ring (bicyclic) bond motifs is 3. The third-order valence-corrected chi connectivity index (χ3v) is 8.44. The fourth-order valence-electron chi connectivity index (χ4n) is 6.16. The summed E-state index contributed by atoms with van der Waals surface area (Å²) >= 11 is 0. The van der Waals surface area contributed by atoms with Gasteiger partial charge in [-0.25, -0.2) is 0 Å². The van der Waals surface area contributed by atoms with Crippen LogP contribution in [-0.4, -0.2) is 57.6 Å². The van der Waals surface area contributed by atoms with E-state index in [1.807, 2.05) is 25.1 Å². The van der Waals surface area contributed by atoms with E-state index in [9.17, 15) is 34.8 Å². The molecule has 0 saturated heterocycles. The lowest BCUT2D eigenvalue weighted by Crippen LogP contribution is -2.58. The quantitative estimate of drug-likeness (QED) is 0.348. The Balaban J connectivity index is 1.85. The molecule has 200 valence electrons.